The van der Waals surface area contributed by atoms with Crippen molar-refractivity contribution >= 4 is 16.8 Å². The van der Waals surface area contributed by atoms with E-state index in [0.717, 1.165) is 11.1 Å². The van der Waals surface area contributed by atoms with E-state index in [1.54, 1.807) is 24.0 Å². The molecule has 2 aromatic heterocycles. The number of carbonyl (C=O) groups is 1. The number of aryl methyl sites for hydroxylation is 2. The first kappa shape index (κ1) is 22.7. The van der Waals surface area contributed by atoms with Crippen LogP contribution in [0.15, 0.2) is 36.7 Å². The molecule has 0 aliphatic carbocycles. The van der Waals surface area contributed by atoms with Gasteiger partial charge in [-0.25, -0.2) is 0 Å². The molecule has 2 N–H and O–H groups in total. The Balaban J connectivity index is 1.97. The third-order valence-electron chi connectivity index (χ3n) is 5.37. The predicted octanol–water partition coefficient (Wildman–Crippen LogP) is 3.70. The summed E-state index contributed by atoms with van der Waals surface area (Å²) >= 11 is 0. The van der Waals surface area contributed by atoms with Crippen molar-refractivity contribution in [2.24, 2.45) is 12.8 Å². The fourth-order valence-corrected chi connectivity index (χ4v) is 3.92. The second kappa shape index (κ2) is 8.82. The van der Waals surface area contributed by atoms with E-state index in [9.17, 15) is 18.8 Å². The first-order valence-electron chi connectivity index (χ1n) is 10.2. The van der Waals surface area contributed by atoms with Crippen molar-refractivity contribution in [3.05, 3.63) is 47.8 Å². The second-order valence-corrected chi connectivity index (χ2v) is 7.38. The molecule has 0 atom stereocenters. The molecule has 9 nitrogen and oxygen atoms in total. The van der Waals surface area contributed by atoms with Crippen molar-refractivity contribution in [3.8, 4) is 40.0 Å². The number of methoxy groups -OCH3 is 1. The predicted molar refractivity (Wildman–Crippen MR) is 119 cm³/mol. The number of rotatable bonds is 7. The van der Waals surface area contributed by atoms with E-state index in [2.05, 4.69) is 21.0 Å². The Bertz CT molecular complexity index is 1450. The van der Waals surface area contributed by atoms with Crippen LogP contribution in [0, 0.1) is 11.3 Å². The third kappa shape index (κ3) is 3.90. The molecule has 34 heavy (non-hydrogen) atoms. The van der Waals surface area contributed by atoms with E-state index in [1.165, 1.54) is 23.9 Å². The average molecular weight is 466 g/mol. The smallest absolute Gasteiger partial charge is 0.387 e. The zero-order valence-corrected chi connectivity index (χ0v) is 18.5. The van der Waals surface area contributed by atoms with Crippen LogP contribution in [0.4, 0.5) is 8.78 Å². The van der Waals surface area contributed by atoms with Crippen molar-refractivity contribution in [2.75, 3.05) is 7.11 Å². The largest absolute Gasteiger partial charge is 0.496 e. The average Bonchev–Trinajstić information content (AvgIpc) is 3.40. The van der Waals surface area contributed by atoms with Crippen molar-refractivity contribution < 1.29 is 23.0 Å². The van der Waals surface area contributed by atoms with Crippen molar-refractivity contribution in [1.29, 1.82) is 5.26 Å². The number of nitrogens with two attached hydrogens (primary N) is 1. The quantitative estimate of drug-likeness (QED) is 0.443. The van der Waals surface area contributed by atoms with Gasteiger partial charge in [-0.15, -0.1) is 0 Å². The fraction of sp³-hybridized carbons (Fsp3) is 0.217. The van der Waals surface area contributed by atoms with Gasteiger partial charge in [0, 0.05) is 36.3 Å². The maximum atomic E-state index is 13.1. The number of halogens is 2. The van der Waals surface area contributed by atoms with Gasteiger partial charge in [-0.2, -0.15) is 24.2 Å². The van der Waals surface area contributed by atoms with E-state index in [-0.39, 0.29) is 11.3 Å². The Morgan fingerprint density at radius 2 is 1.94 bits per heavy atom. The first-order valence-corrected chi connectivity index (χ1v) is 10.2. The molecule has 1 amide bonds. The topological polar surface area (TPSA) is 121 Å². The molecule has 0 saturated heterocycles. The van der Waals surface area contributed by atoms with Gasteiger partial charge < -0.3 is 15.2 Å². The van der Waals surface area contributed by atoms with Crippen LogP contribution in [0.3, 0.4) is 0 Å². The highest BCUT2D eigenvalue weighted by atomic mass is 19.3. The van der Waals surface area contributed by atoms with Gasteiger partial charge in [0.15, 0.2) is 0 Å². The molecule has 0 spiro atoms. The highest BCUT2D eigenvalue weighted by Crippen LogP contribution is 2.40. The molecule has 0 radical (unpaired) electrons. The Hall–Kier alpha value is -4.46. The Morgan fingerprint density at radius 3 is 2.53 bits per heavy atom. The number of ether oxygens (including phenoxy) is 2. The normalized spacial score (nSPS) is 11.1. The molecule has 4 aromatic rings. The third-order valence-corrected chi connectivity index (χ3v) is 5.37. The van der Waals surface area contributed by atoms with E-state index in [4.69, 9.17) is 10.5 Å². The molecule has 0 bridgehead atoms. The Labute approximate surface area is 192 Å². The number of benzene rings is 2. The van der Waals surface area contributed by atoms with E-state index < -0.39 is 18.3 Å². The molecule has 0 unspecified atom stereocenters. The summed E-state index contributed by atoms with van der Waals surface area (Å²) in [6, 6.07) is 8.46. The highest BCUT2D eigenvalue weighted by molar-refractivity contribution is 6.03. The van der Waals surface area contributed by atoms with Gasteiger partial charge in [0.2, 0.25) is 0 Å². The molecular formula is C23H20F2N6O3. The van der Waals surface area contributed by atoms with Gasteiger partial charge in [0.25, 0.3) is 5.91 Å². The van der Waals surface area contributed by atoms with Crippen molar-refractivity contribution in [3.63, 3.8) is 0 Å². The van der Waals surface area contributed by atoms with Gasteiger partial charge in [0.1, 0.15) is 17.1 Å². The van der Waals surface area contributed by atoms with Crippen LogP contribution in [0.1, 0.15) is 22.8 Å². The number of hydrogen-bond donors (Lipinski definition) is 1. The minimum atomic E-state index is -3.19. The standard InChI is InChI=1S/C23H20F2N6O3/c1-4-31-11-15(10-28-31)12-5-14(9-26)19-16(6-12)29-30(2)21(19)13-7-17(33-3)20(22(27)32)18(8-13)34-23(24)25/h5-8,10-11,23H,4H2,1-3H3,(H2,27,32). The maximum Gasteiger partial charge on any atom is 0.387 e. The van der Waals surface area contributed by atoms with Crippen molar-refractivity contribution in [1.82, 2.24) is 19.6 Å². The first-order chi connectivity index (χ1) is 16.3. The second-order valence-electron chi connectivity index (χ2n) is 7.38. The lowest BCUT2D eigenvalue weighted by Crippen LogP contribution is -2.16. The summed E-state index contributed by atoms with van der Waals surface area (Å²) in [7, 11) is 2.94. The molecule has 0 aliphatic rings. The lowest BCUT2D eigenvalue weighted by molar-refractivity contribution is -0.0502. The summed E-state index contributed by atoms with van der Waals surface area (Å²) in [6.07, 6.45) is 3.57. The number of fused-ring (bicyclic) bond motifs is 1. The van der Waals surface area contributed by atoms with Gasteiger partial charge in [-0.3, -0.25) is 14.2 Å². The zero-order chi connectivity index (χ0) is 24.6. The molecule has 2 aromatic carbocycles. The van der Waals surface area contributed by atoms with E-state index >= 15 is 0 Å². The molecule has 11 heteroatoms. The minimum Gasteiger partial charge on any atom is -0.496 e. The minimum absolute atomic E-state index is 0.0443. The molecular weight excluding hydrogens is 446 g/mol. The Morgan fingerprint density at radius 1 is 1.21 bits per heavy atom. The van der Waals surface area contributed by atoms with Crippen LogP contribution >= 0.6 is 0 Å². The summed E-state index contributed by atoms with van der Waals surface area (Å²) in [5.41, 5.74) is 8.30. The molecule has 0 aliphatic heterocycles. The van der Waals surface area contributed by atoms with E-state index in [0.29, 0.717) is 34.3 Å². The summed E-state index contributed by atoms with van der Waals surface area (Å²) in [6.45, 7) is -0.523. The van der Waals surface area contributed by atoms with Crippen LogP contribution in [0.25, 0.3) is 33.3 Å². The molecule has 2 heterocycles. The SMILES string of the molecule is CCn1cc(-c2cc(C#N)c3c(-c4cc(OC)c(C(N)=O)c(OC(F)F)c4)n(C)nc3c2)cn1. The highest BCUT2D eigenvalue weighted by Gasteiger charge is 2.24. The number of aromatic nitrogens is 4. The van der Waals surface area contributed by atoms with Gasteiger partial charge in [-0.1, -0.05) is 0 Å². The van der Waals surface area contributed by atoms with Gasteiger partial charge in [-0.05, 0) is 36.8 Å². The maximum absolute atomic E-state index is 13.1. The monoisotopic (exact) mass is 466 g/mol. The zero-order valence-electron chi connectivity index (χ0n) is 18.5. The van der Waals surface area contributed by atoms with Crippen LogP contribution in [0.2, 0.25) is 0 Å². The molecule has 0 saturated carbocycles. The number of nitrogens with zero attached hydrogens (tertiary/aromatic N) is 5. The molecule has 4 rings (SSSR count). The number of nitriles is 1. The molecule has 0 fully saturated rings. The van der Waals surface area contributed by atoms with Crippen molar-refractivity contribution in [2.45, 2.75) is 20.1 Å². The summed E-state index contributed by atoms with van der Waals surface area (Å²) in [5, 5.41) is 19.2. The number of alkyl halides is 2. The summed E-state index contributed by atoms with van der Waals surface area (Å²) in [4.78, 5) is 11.9. The lowest BCUT2D eigenvalue weighted by Gasteiger charge is -2.15. The summed E-state index contributed by atoms with van der Waals surface area (Å²) in [5.74, 6) is -1.46. The van der Waals surface area contributed by atoms with Gasteiger partial charge in [0.05, 0.1) is 36.1 Å². The van der Waals surface area contributed by atoms with Crippen LogP contribution in [-0.4, -0.2) is 39.2 Å². The number of carbonyl (C=O) groups excluding carboxylic acids is 1. The van der Waals surface area contributed by atoms with Crippen LogP contribution < -0.4 is 15.2 Å². The number of primary amides is 1. The number of amides is 1. The van der Waals surface area contributed by atoms with E-state index in [1.807, 2.05) is 19.2 Å². The molecule has 174 valence electrons. The summed E-state index contributed by atoms with van der Waals surface area (Å²) < 4.78 is 39.2. The Kier molecular flexibility index (Phi) is 5.89. The number of hydrogen-bond acceptors (Lipinski definition) is 6. The fourth-order valence-electron chi connectivity index (χ4n) is 3.92. The van der Waals surface area contributed by atoms with Crippen LogP contribution in [-0.2, 0) is 13.6 Å². The van der Waals surface area contributed by atoms with Gasteiger partial charge >= 0.3 is 6.61 Å². The lowest BCUT2D eigenvalue weighted by atomic mass is 9.98. The van der Waals surface area contributed by atoms with Crippen LogP contribution in [0.5, 0.6) is 11.5 Å².